The van der Waals surface area contributed by atoms with Crippen LogP contribution >= 0.6 is 11.3 Å². The molecule has 4 heteroatoms. The molecule has 0 radical (unpaired) electrons. The molecule has 1 aliphatic heterocycles. The molecular formula is C14H12N2OS. The lowest BCUT2D eigenvalue weighted by atomic mass is 9.94. The van der Waals surface area contributed by atoms with Crippen LogP contribution in [0, 0.1) is 11.3 Å². The van der Waals surface area contributed by atoms with E-state index in [-0.39, 0.29) is 0 Å². The van der Waals surface area contributed by atoms with E-state index in [9.17, 15) is 0 Å². The number of nitriles is 1. The summed E-state index contributed by atoms with van der Waals surface area (Å²) in [5.74, 6) is 1.28. The Labute approximate surface area is 110 Å². The zero-order chi connectivity index (χ0) is 12.4. The van der Waals surface area contributed by atoms with Gasteiger partial charge in [0.25, 0.3) is 0 Å². The Morgan fingerprint density at radius 3 is 3.22 bits per heavy atom. The van der Waals surface area contributed by atoms with Crippen molar-refractivity contribution in [2.45, 2.75) is 18.8 Å². The number of aromatic nitrogens is 1. The van der Waals surface area contributed by atoms with Gasteiger partial charge < -0.3 is 4.74 Å². The van der Waals surface area contributed by atoms with Crippen LogP contribution < -0.4 is 4.74 Å². The lowest BCUT2D eigenvalue weighted by Gasteiger charge is -2.24. The van der Waals surface area contributed by atoms with Crippen molar-refractivity contribution < 1.29 is 4.74 Å². The van der Waals surface area contributed by atoms with E-state index < -0.39 is 0 Å². The van der Waals surface area contributed by atoms with Crippen LogP contribution in [-0.4, -0.2) is 11.6 Å². The van der Waals surface area contributed by atoms with Gasteiger partial charge in [0.2, 0.25) is 0 Å². The molecule has 18 heavy (non-hydrogen) atoms. The summed E-state index contributed by atoms with van der Waals surface area (Å²) in [6, 6.07) is 10.3. The Kier molecular flexibility index (Phi) is 2.99. The summed E-state index contributed by atoms with van der Waals surface area (Å²) in [4.78, 5) is 4.56. The van der Waals surface area contributed by atoms with Gasteiger partial charge in [-0.2, -0.15) is 5.26 Å². The minimum Gasteiger partial charge on any atom is -0.493 e. The fourth-order valence-corrected chi connectivity index (χ4v) is 3.22. The molecule has 0 N–H and O–H groups in total. The first kappa shape index (κ1) is 11.2. The lowest BCUT2D eigenvalue weighted by Crippen LogP contribution is -2.14. The van der Waals surface area contributed by atoms with Gasteiger partial charge >= 0.3 is 0 Å². The van der Waals surface area contributed by atoms with Crippen molar-refractivity contribution >= 4 is 11.3 Å². The molecule has 0 saturated carbocycles. The molecule has 0 fully saturated rings. The SMILES string of the molecule is N#CCc1csc(C2CCOc3ccccc32)n1. The molecule has 1 aromatic heterocycles. The van der Waals surface area contributed by atoms with Gasteiger partial charge in [0, 0.05) is 16.9 Å². The largest absolute Gasteiger partial charge is 0.493 e. The normalized spacial score (nSPS) is 17.6. The molecule has 0 spiro atoms. The van der Waals surface area contributed by atoms with Gasteiger partial charge in [-0.1, -0.05) is 18.2 Å². The van der Waals surface area contributed by atoms with E-state index in [0.717, 1.165) is 29.5 Å². The highest BCUT2D eigenvalue weighted by Gasteiger charge is 2.24. The van der Waals surface area contributed by atoms with Crippen LogP contribution in [0.3, 0.4) is 0 Å². The van der Waals surface area contributed by atoms with Crippen LogP contribution in [0.4, 0.5) is 0 Å². The second kappa shape index (κ2) is 4.79. The number of thiazole rings is 1. The Morgan fingerprint density at radius 2 is 2.33 bits per heavy atom. The van der Waals surface area contributed by atoms with Crippen molar-refractivity contribution in [2.24, 2.45) is 0 Å². The molecule has 0 amide bonds. The number of ether oxygens (including phenoxy) is 1. The molecule has 1 unspecified atom stereocenters. The first-order valence-corrected chi connectivity index (χ1v) is 6.79. The lowest BCUT2D eigenvalue weighted by molar-refractivity contribution is 0.277. The number of hydrogen-bond acceptors (Lipinski definition) is 4. The van der Waals surface area contributed by atoms with Crippen LogP contribution in [-0.2, 0) is 6.42 Å². The van der Waals surface area contributed by atoms with Crippen molar-refractivity contribution in [1.29, 1.82) is 5.26 Å². The Bertz CT molecular complexity index is 600. The van der Waals surface area contributed by atoms with Gasteiger partial charge in [0.15, 0.2) is 0 Å². The third-order valence-corrected chi connectivity index (χ3v) is 4.09. The molecule has 2 heterocycles. The molecule has 2 aromatic rings. The molecule has 0 saturated heterocycles. The number of nitrogens with zero attached hydrogens (tertiary/aromatic N) is 2. The van der Waals surface area contributed by atoms with Crippen molar-refractivity contribution in [1.82, 2.24) is 4.98 Å². The van der Waals surface area contributed by atoms with Crippen molar-refractivity contribution in [3.63, 3.8) is 0 Å². The molecular weight excluding hydrogens is 244 g/mol. The van der Waals surface area contributed by atoms with Crippen LogP contribution in [0.1, 0.15) is 28.6 Å². The van der Waals surface area contributed by atoms with Crippen molar-refractivity contribution in [3.8, 4) is 11.8 Å². The predicted molar refractivity (Wildman–Crippen MR) is 69.8 cm³/mol. The molecule has 3 nitrogen and oxygen atoms in total. The summed E-state index contributed by atoms with van der Waals surface area (Å²) in [7, 11) is 0. The van der Waals surface area contributed by atoms with Gasteiger partial charge in [0.1, 0.15) is 10.8 Å². The van der Waals surface area contributed by atoms with Crippen molar-refractivity contribution in [3.05, 3.63) is 45.9 Å². The molecule has 1 aliphatic rings. The minimum absolute atomic E-state index is 0.312. The third kappa shape index (κ3) is 1.98. The molecule has 0 aliphatic carbocycles. The summed E-state index contributed by atoms with van der Waals surface area (Å²) in [6.07, 6.45) is 1.35. The average molecular weight is 256 g/mol. The van der Waals surface area contributed by atoms with Gasteiger partial charge in [-0.3, -0.25) is 0 Å². The summed E-state index contributed by atoms with van der Waals surface area (Å²) < 4.78 is 5.65. The third-order valence-electron chi connectivity index (χ3n) is 3.09. The molecule has 0 bridgehead atoms. The van der Waals surface area contributed by atoms with E-state index in [2.05, 4.69) is 17.1 Å². The summed E-state index contributed by atoms with van der Waals surface area (Å²) in [5, 5.41) is 11.8. The highest BCUT2D eigenvalue weighted by atomic mass is 32.1. The number of fused-ring (bicyclic) bond motifs is 1. The van der Waals surface area contributed by atoms with Crippen LogP contribution in [0.2, 0.25) is 0 Å². The second-order valence-electron chi connectivity index (χ2n) is 4.24. The summed E-state index contributed by atoms with van der Waals surface area (Å²) >= 11 is 1.64. The maximum Gasteiger partial charge on any atom is 0.123 e. The van der Waals surface area contributed by atoms with Crippen LogP contribution in [0.25, 0.3) is 0 Å². The van der Waals surface area contributed by atoms with E-state index in [1.54, 1.807) is 11.3 Å². The second-order valence-corrected chi connectivity index (χ2v) is 5.13. The number of hydrogen-bond donors (Lipinski definition) is 0. The molecule has 3 rings (SSSR count). The highest BCUT2D eigenvalue weighted by Crippen LogP contribution is 2.38. The number of benzene rings is 1. The van der Waals surface area contributed by atoms with E-state index in [4.69, 9.17) is 10.00 Å². The van der Waals surface area contributed by atoms with Gasteiger partial charge in [-0.25, -0.2) is 4.98 Å². The maximum atomic E-state index is 8.69. The zero-order valence-electron chi connectivity index (χ0n) is 9.80. The molecule has 90 valence electrons. The standard InChI is InChI=1S/C14H12N2OS/c15-7-5-10-9-18-14(16-10)12-6-8-17-13-4-2-1-3-11(12)13/h1-4,9,12H,5-6,8H2. The van der Waals surface area contributed by atoms with E-state index >= 15 is 0 Å². The number of para-hydroxylation sites is 1. The smallest absolute Gasteiger partial charge is 0.123 e. The quantitative estimate of drug-likeness (QED) is 0.829. The molecule has 1 atom stereocenters. The Balaban J connectivity index is 1.95. The van der Waals surface area contributed by atoms with Crippen molar-refractivity contribution in [2.75, 3.05) is 6.61 Å². The van der Waals surface area contributed by atoms with Crippen LogP contribution in [0.15, 0.2) is 29.6 Å². The fourth-order valence-electron chi connectivity index (χ4n) is 2.24. The van der Waals surface area contributed by atoms with Crippen LogP contribution in [0.5, 0.6) is 5.75 Å². The first-order chi connectivity index (χ1) is 8.88. The minimum atomic E-state index is 0.312. The molecule has 1 aromatic carbocycles. The Morgan fingerprint density at radius 1 is 1.44 bits per heavy atom. The van der Waals surface area contributed by atoms with Gasteiger partial charge in [-0.05, 0) is 12.5 Å². The predicted octanol–water partition coefficient (Wildman–Crippen LogP) is 3.12. The average Bonchev–Trinajstić information content (AvgIpc) is 2.87. The van der Waals surface area contributed by atoms with E-state index in [0.29, 0.717) is 12.3 Å². The number of rotatable bonds is 2. The van der Waals surface area contributed by atoms with Gasteiger partial charge in [0.05, 0.1) is 24.8 Å². The fraction of sp³-hybridized carbons (Fsp3) is 0.286. The van der Waals surface area contributed by atoms with E-state index in [1.807, 2.05) is 23.6 Å². The first-order valence-electron chi connectivity index (χ1n) is 5.91. The zero-order valence-corrected chi connectivity index (χ0v) is 10.6. The highest BCUT2D eigenvalue weighted by molar-refractivity contribution is 7.09. The monoisotopic (exact) mass is 256 g/mol. The maximum absolute atomic E-state index is 8.69. The summed E-state index contributed by atoms with van der Waals surface area (Å²) in [5.41, 5.74) is 2.09. The summed E-state index contributed by atoms with van der Waals surface area (Å²) in [6.45, 7) is 0.731. The van der Waals surface area contributed by atoms with E-state index in [1.165, 1.54) is 5.56 Å². The topological polar surface area (TPSA) is 45.9 Å². The Hall–Kier alpha value is -1.86. The van der Waals surface area contributed by atoms with Gasteiger partial charge in [-0.15, -0.1) is 11.3 Å².